The maximum absolute atomic E-state index is 12.8. The number of hydrogen-bond donors (Lipinski definition) is 1. The van der Waals surface area contributed by atoms with Crippen LogP contribution in [0.15, 0.2) is 24.3 Å². The normalized spacial score (nSPS) is 20.2. The fourth-order valence-corrected chi connectivity index (χ4v) is 1.89. The average molecular weight is 238 g/mol. The lowest BCUT2D eigenvalue weighted by Gasteiger charge is -2.32. The van der Waals surface area contributed by atoms with Crippen molar-refractivity contribution in [3.8, 4) is 0 Å². The number of nitrogens with zero attached hydrogens (tertiary/aromatic N) is 1. The summed E-state index contributed by atoms with van der Waals surface area (Å²) in [4.78, 5) is 13.1. The summed E-state index contributed by atoms with van der Waals surface area (Å²) in [6, 6.07) is 5.80. The van der Waals surface area contributed by atoms with Crippen molar-refractivity contribution in [2.24, 2.45) is 11.7 Å². The van der Waals surface area contributed by atoms with Gasteiger partial charge in [-0.15, -0.1) is 0 Å². The zero-order valence-electron chi connectivity index (χ0n) is 9.43. The van der Waals surface area contributed by atoms with Crippen LogP contribution in [0.1, 0.15) is 6.42 Å². The SMILES string of the molecule is NCCC1COC(=O)N(c2ccc(F)cc2)C1. The Labute approximate surface area is 99.2 Å². The molecule has 1 saturated heterocycles. The number of rotatable bonds is 3. The van der Waals surface area contributed by atoms with E-state index >= 15 is 0 Å². The molecule has 1 unspecified atom stereocenters. The Kier molecular flexibility index (Phi) is 3.58. The Morgan fingerprint density at radius 2 is 2.12 bits per heavy atom. The van der Waals surface area contributed by atoms with Crippen molar-refractivity contribution in [2.45, 2.75) is 6.42 Å². The van der Waals surface area contributed by atoms with Gasteiger partial charge in [0.05, 0.1) is 6.61 Å². The Hall–Kier alpha value is -1.62. The minimum atomic E-state index is -0.384. The molecule has 1 aromatic carbocycles. The average Bonchev–Trinajstić information content (AvgIpc) is 2.33. The van der Waals surface area contributed by atoms with E-state index in [0.29, 0.717) is 25.4 Å². The summed E-state index contributed by atoms with van der Waals surface area (Å²) in [5, 5.41) is 0. The molecule has 92 valence electrons. The van der Waals surface area contributed by atoms with Crippen LogP contribution in [0.25, 0.3) is 0 Å². The van der Waals surface area contributed by atoms with Gasteiger partial charge in [-0.05, 0) is 37.2 Å². The largest absolute Gasteiger partial charge is 0.449 e. The predicted molar refractivity (Wildman–Crippen MR) is 62.3 cm³/mol. The summed E-state index contributed by atoms with van der Waals surface area (Å²) in [7, 11) is 0. The standard InChI is InChI=1S/C12H15FN2O2/c13-10-1-3-11(4-2-10)15-7-9(5-6-14)8-17-12(15)16/h1-4,9H,5-8,14H2. The highest BCUT2D eigenvalue weighted by Gasteiger charge is 2.27. The van der Waals surface area contributed by atoms with Crippen LogP contribution in [-0.4, -0.2) is 25.8 Å². The van der Waals surface area contributed by atoms with Gasteiger partial charge < -0.3 is 10.5 Å². The van der Waals surface area contributed by atoms with E-state index in [0.717, 1.165) is 6.42 Å². The highest BCUT2D eigenvalue weighted by atomic mass is 19.1. The topological polar surface area (TPSA) is 55.6 Å². The lowest BCUT2D eigenvalue weighted by atomic mass is 10.0. The molecule has 0 spiro atoms. The smallest absolute Gasteiger partial charge is 0.414 e. The number of benzene rings is 1. The summed E-state index contributed by atoms with van der Waals surface area (Å²) in [6.45, 7) is 1.55. The van der Waals surface area contributed by atoms with Crippen LogP contribution in [0, 0.1) is 11.7 Å². The molecule has 5 heteroatoms. The monoisotopic (exact) mass is 238 g/mol. The summed E-state index contributed by atoms with van der Waals surface area (Å²) < 4.78 is 17.9. The van der Waals surface area contributed by atoms with Crippen molar-refractivity contribution in [2.75, 3.05) is 24.6 Å². The molecule has 0 aromatic heterocycles. The Morgan fingerprint density at radius 1 is 1.41 bits per heavy atom. The Morgan fingerprint density at radius 3 is 2.76 bits per heavy atom. The molecule has 1 amide bonds. The summed E-state index contributed by atoms with van der Waals surface area (Å²) in [6.07, 6.45) is 0.426. The molecule has 0 aliphatic carbocycles. The molecule has 2 rings (SSSR count). The highest BCUT2D eigenvalue weighted by molar-refractivity contribution is 5.88. The number of anilines is 1. The molecule has 2 N–H and O–H groups in total. The zero-order chi connectivity index (χ0) is 12.3. The van der Waals surface area contributed by atoms with Crippen molar-refractivity contribution in [3.05, 3.63) is 30.1 Å². The molecule has 1 heterocycles. The van der Waals surface area contributed by atoms with Gasteiger partial charge in [0.1, 0.15) is 5.82 Å². The molecule has 4 nitrogen and oxygen atoms in total. The van der Waals surface area contributed by atoms with E-state index in [9.17, 15) is 9.18 Å². The number of cyclic esters (lactones) is 1. The van der Waals surface area contributed by atoms with Crippen LogP contribution in [-0.2, 0) is 4.74 Å². The predicted octanol–water partition coefficient (Wildman–Crippen LogP) is 1.75. The minimum Gasteiger partial charge on any atom is -0.449 e. The van der Waals surface area contributed by atoms with E-state index < -0.39 is 0 Å². The van der Waals surface area contributed by atoms with Crippen LogP contribution in [0.4, 0.5) is 14.9 Å². The summed E-state index contributed by atoms with van der Waals surface area (Å²) in [5.41, 5.74) is 6.14. The Balaban J connectivity index is 2.12. The van der Waals surface area contributed by atoms with Gasteiger partial charge in [-0.3, -0.25) is 4.90 Å². The third-order valence-corrected chi connectivity index (χ3v) is 2.82. The molecule has 1 aliphatic heterocycles. The fourth-order valence-electron chi connectivity index (χ4n) is 1.89. The lowest BCUT2D eigenvalue weighted by molar-refractivity contribution is 0.113. The van der Waals surface area contributed by atoms with Crippen LogP contribution < -0.4 is 10.6 Å². The first-order valence-corrected chi connectivity index (χ1v) is 5.60. The van der Waals surface area contributed by atoms with E-state index in [1.54, 1.807) is 12.1 Å². The van der Waals surface area contributed by atoms with Gasteiger partial charge in [0.25, 0.3) is 0 Å². The van der Waals surface area contributed by atoms with E-state index in [2.05, 4.69) is 0 Å². The van der Waals surface area contributed by atoms with Crippen molar-refractivity contribution in [3.63, 3.8) is 0 Å². The number of nitrogens with two attached hydrogens (primary N) is 1. The van der Waals surface area contributed by atoms with Gasteiger partial charge in [0.15, 0.2) is 0 Å². The molecular formula is C12H15FN2O2. The summed E-state index contributed by atoms with van der Waals surface area (Å²) in [5.74, 6) is -0.0830. The quantitative estimate of drug-likeness (QED) is 0.872. The molecular weight excluding hydrogens is 223 g/mol. The Bertz CT molecular complexity index is 394. The van der Waals surface area contributed by atoms with Crippen molar-refractivity contribution in [1.29, 1.82) is 0 Å². The first-order chi connectivity index (χ1) is 8.20. The van der Waals surface area contributed by atoms with E-state index in [4.69, 9.17) is 10.5 Å². The number of hydrogen-bond acceptors (Lipinski definition) is 3. The number of halogens is 1. The molecule has 0 radical (unpaired) electrons. The molecule has 1 aromatic rings. The third kappa shape index (κ3) is 2.74. The minimum absolute atomic E-state index is 0.239. The van der Waals surface area contributed by atoms with Gasteiger partial charge in [-0.1, -0.05) is 0 Å². The molecule has 1 fully saturated rings. The first kappa shape index (κ1) is 11.9. The molecule has 1 atom stereocenters. The fraction of sp³-hybridized carbons (Fsp3) is 0.417. The van der Waals surface area contributed by atoms with Crippen molar-refractivity contribution >= 4 is 11.8 Å². The second-order valence-corrected chi connectivity index (χ2v) is 4.11. The van der Waals surface area contributed by atoms with Gasteiger partial charge >= 0.3 is 6.09 Å². The number of amides is 1. The number of carbonyl (C=O) groups is 1. The van der Waals surface area contributed by atoms with Crippen LogP contribution in [0.5, 0.6) is 0 Å². The van der Waals surface area contributed by atoms with E-state index in [-0.39, 0.29) is 17.8 Å². The van der Waals surface area contributed by atoms with Gasteiger partial charge in [0.2, 0.25) is 0 Å². The first-order valence-electron chi connectivity index (χ1n) is 5.60. The van der Waals surface area contributed by atoms with Crippen LogP contribution in [0.2, 0.25) is 0 Å². The molecule has 0 saturated carbocycles. The highest BCUT2D eigenvalue weighted by Crippen LogP contribution is 2.22. The van der Waals surface area contributed by atoms with Crippen molar-refractivity contribution < 1.29 is 13.9 Å². The van der Waals surface area contributed by atoms with E-state index in [1.165, 1.54) is 17.0 Å². The second kappa shape index (κ2) is 5.14. The lowest BCUT2D eigenvalue weighted by Crippen LogP contribution is -2.43. The number of carbonyl (C=O) groups excluding carboxylic acids is 1. The number of ether oxygens (including phenoxy) is 1. The van der Waals surface area contributed by atoms with Gasteiger partial charge in [-0.2, -0.15) is 0 Å². The summed E-state index contributed by atoms with van der Waals surface area (Å²) >= 11 is 0. The van der Waals surface area contributed by atoms with Crippen LogP contribution in [0.3, 0.4) is 0 Å². The maximum atomic E-state index is 12.8. The molecule has 1 aliphatic rings. The van der Waals surface area contributed by atoms with Gasteiger partial charge in [-0.25, -0.2) is 9.18 Å². The second-order valence-electron chi connectivity index (χ2n) is 4.11. The zero-order valence-corrected chi connectivity index (χ0v) is 9.43. The van der Waals surface area contributed by atoms with Crippen LogP contribution >= 0.6 is 0 Å². The van der Waals surface area contributed by atoms with Gasteiger partial charge in [0, 0.05) is 18.2 Å². The van der Waals surface area contributed by atoms with Crippen molar-refractivity contribution in [1.82, 2.24) is 0 Å². The maximum Gasteiger partial charge on any atom is 0.414 e. The van der Waals surface area contributed by atoms with E-state index in [1.807, 2.05) is 0 Å². The molecule has 17 heavy (non-hydrogen) atoms. The third-order valence-electron chi connectivity index (χ3n) is 2.82. The molecule has 0 bridgehead atoms.